The molecule has 0 radical (unpaired) electrons. The van der Waals surface area contributed by atoms with Crippen LogP contribution >= 0.6 is 0 Å². The Balaban J connectivity index is 1.35. The number of anilines is 1. The molecule has 1 aromatic carbocycles. The predicted octanol–water partition coefficient (Wildman–Crippen LogP) is 4.81. The fourth-order valence-electron chi connectivity index (χ4n) is 5.03. The van der Waals surface area contributed by atoms with E-state index in [4.69, 9.17) is 14.5 Å². The van der Waals surface area contributed by atoms with Crippen molar-refractivity contribution in [1.29, 1.82) is 0 Å². The highest BCUT2D eigenvalue weighted by atomic mass is 16.5. The van der Waals surface area contributed by atoms with Crippen LogP contribution in [0.4, 0.5) is 5.69 Å². The lowest BCUT2D eigenvalue weighted by atomic mass is 10.1. The number of fused-ring (bicyclic) bond motifs is 2. The smallest absolute Gasteiger partial charge is 0.163 e. The quantitative estimate of drug-likeness (QED) is 0.571. The Hall–Kier alpha value is -2.01. The summed E-state index contributed by atoms with van der Waals surface area (Å²) in [5, 5.41) is 4.95. The summed E-state index contributed by atoms with van der Waals surface area (Å²) in [6.07, 6.45) is 11.2. The zero-order valence-electron chi connectivity index (χ0n) is 18.3. The number of nitrogens with zero attached hydrogens (tertiary/aromatic N) is 2. The van der Waals surface area contributed by atoms with Crippen LogP contribution in [0, 0.1) is 5.92 Å². The minimum atomic E-state index is 0.718. The van der Waals surface area contributed by atoms with Crippen molar-refractivity contribution >= 4 is 16.6 Å². The predicted molar refractivity (Wildman–Crippen MR) is 122 cm³/mol. The average Bonchev–Trinajstić information content (AvgIpc) is 3.22. The van der Waals surface area contributed by atoms with Gasteiger partial charge in [0.1, 0.15) is 0 Å². The summed E-state index contributed by atoms with van der Waals surface area (Å²) >= 11 is 0. The Kier molecular flexibility index (Phi) is 5.98. The van der Waals surface area contributed by atoms with Crippen LogP contribution in [0.25, 0.3) is 10.9 Å². The van der Waals surface area contributed by atoms with Crippen molar-refractivity contribution in [3.63, 3.8) is 0 Å². The van der Waals surface area contributed by atoms with Crippen LogP contribution in [0.3, 0.4) is 0 Å². The molecule has 5 nitrogen and oxygen atoms in total. The number of aryl methyl sites for hydroxylation is 1. The van der Waals surface area contributed by atoms with Crippen molar-refractivity contribution in [2.45, 2.75) is 57.8 Å². The third-order valence-electron chi connectivity index (χ3n) is 6.92. The van der Waals surface area contributed by atoms with Crippen LogP contribution in [-0.4, -0.2) is 49.8 Å². The van der Waals surface area contributed by atoms with Gasteiger partial charge in [0, 0.05) is 35.9 Å². The van der Waals surface area contributed by atoms with E-state index in [9.17, 15) is 0 Å². The van der Waals surface area contributed by atoms with Crippen molar-refractivity contribution in [2.24, 2.45) is 5.92 Å². The van der Waals surface area contributed by atoms with E-state index in [0.717, 1.165) is 61.9 Å². The lowest BCUT2D eigenvalue weighted by Crippen LogP contribution is -2.21. The lowest BCUT2D eigenvalue weighted by Gasteiger charge is -2.18. The van der Waals surface area contributed by atoms with E-state index in [-0.39, 0.29) is 0 Å². The van der Waals surface area contributed by atoms with Crippen LogP contribution in [0.1, 0.15) is 56.2 Å². The van der Waals surface area contributed by atoms with Gasteiger partial charge in [-0.3, -0.25) is 4.98 Å². The summed E-state index contributed by atoms with van der Waals surface area (Å²) < 4.78 is 11.9. The van der Waals surface area contributed by atoms with Crippen LogP contribution in [-0.2, 0) is 12.8 Å². The number of likely N-dealkylation sites (tertiary alicyclic amines) is 1. The van der Waals surface area contributed by atoms with Crippen molar-refractivity contribution in [3.8, 4) is 11.5 Å². The van der Waals surface area contributed by atoms with Gasteiger partial charge in [-0.05, 0) is 75.6 Å². The highest BCUT2D eigenvalue weighted by Crippen LogP contribution is 2.40. The Morgan fingerprint density at radius 3 is 2.77 bits per heavy atom. The zero-order valence-corrected chi connectivity index (χ0v) is 18.3. The molecule has 0 amide bonds. The molecule has 1 aliphatic heterocycles. The molecule has 1 saturated heterocycles. The minimum absolute atomic E-state index is 0.718. The SMILES string of the molecule is COc1cc2c(NCCC3CC3)c3c(nc2cc1OCCCN1CCCC1)CCC3. The number of hydrogen-bond donors (Lipinski definition) is 1. The summed E-state index contributed by atoms with van der Waals surface area (Å²) in [6.45, 7) is 5.37. The van der Waals surface area contributed by atoms with E-state index >= 15 is 0 Å². The standard InChI is InChI=1S/C25H35N3O2/c1-29-23-16-20-22(17-24(23)30-15-5-14-28-12-2-3-13-28)27-21-7-4-6-19(21)25(20)26-11-10-18-8-9-18/h16-18H,2-15H2,1H3,(H,26,27). The lowest BCUT2D eigenvalue weighted by molar-refractivity contribution is 0.254. The molecule has 0 atom stereocenters. The first-order valence-corrected chi connectivity index (χ1v) is 11.9. The maximum absolute atomic E-state index is 6.16. The second kappa shape index (κ2) is 9.01. The zero-order chi connectivity index (χ0) is 20.3. The summed E-state index contributed by atoms with van der Waals surface area (Å²) in [5.41, 5.74) is 4.99. The highest BCUT2D eigenvalue weighted by molar-refractivity contribution is 5.96. The van der Waals surface area contributed by atoms with Gasteiger partial charge in [-0.1, -0.05) is 12.8 Å². The van der Waals surface area contributed by atoms with Gasteiger partial charge in [0.2, 0.25) is 0 Å². The molecule has 30 heavy (non-hydrogen) atoms. The molecule has 1 N–H and O–H groups in total. The first kappa shape index (κ1) is 19.9. The molecule has 0 bridgehead atoms. The van der Waals surface area contributed by atoms with E-state index < -0.39 is 0 Å². The molecule has 2 aliphatic carbocycles. The fourth-order valence-corrected chi connectivity index (χ4v) is 5.03. The first-order chi connectivity index (χ1) is 14.8. The second-order valence-electron chi connectivity index (χ2n) is 9.20. The van der Waals surface area contributed by atoms with Gasteiger partial charge >= 0.3 is 0 Å². The van der Waals surface area contributed by atoms with Gasteiger partial charge in [-0.2, -0.15) is 0 Å². The average molecular weight is 410 g/mol. The fraction of sp³-hybridized carbons (Fsp3) is 0.640. The van der Waals surface area contributed by atoms with Gasteiger partial charge in [-0.15, -0.1) is 0 Å². The van der Waals surface area contributed by atoms with Crippen LogP contribution < -0.4 is 14.8 Å². The van der Waals surface area contributed by atoms with E-state index in [1.54, 1.807) is 7.11 Å². The summed E-state index contributed by atoms with van der Waals surface area (Å²) in [6, 6.07) is 4.23. The number of benzene rings is 1. The topological polar surface area (TPSA) is 46.6 Å². The van der Waals surface area contributed by atoms with E-state index in [2.05, 4.69) is 22.3 Å². The molecule has 1 aromatic heterocycles. The van der Waals surface area contributed by atoms with E-state index in [0.29, 0.717) is 0 Å². The first-order valence-electron chi connectivity index (χ1n) is 11.9. The van der Waals surface area contributed by atoms with Gasteiger partial charge in [0.15, 0.2) is 11.5 Å². The molecular weight excluding hydrogens is 374 g/mol. The number of methoxy groups -OCH3 is 1. The molecule has 2 aromatic rings. The van der Waals surface area contributed by atoms with Gasteiger partial charge in [-0.25, -0.2) is 0 Å². The molecule has 2 fully saturated rings. The number of nitrogens with one attached hydrogen (secondary N) is 1. The number of rotatable bonds is 10. The number of aromatic nitrogens is 1. The van der Waals surface area contributed by atoms with Crippen molar-refractivity contribution in [1.82, 2.24) is 9.88 Å². The number of ether oxygens (including phenoxy) is 2. The highest BCUT2D eigenvalue weighted by Gasteiger charge is 2.23. The van der Waals surface area contributed by atoms with Gasteiger partial charge in [0.25, 0.3) is 0 Å². The van der Waals surface area contributed by atoms with Gasteiger partial charge < -0.3 is 19.7 Å². The molecule has 5 heteroatoms. The Bertz CT molecular complexity index is 888. The normalized spacial score (nSPS) is 18.7. The Morgan fingerprint density at radius 1 is 1.10 bits per heavy atom. The molecule has 5 rings (SSSR count). The van der Waals surface area contributed by atoms with Crippen LogP contribution in [0.2, 0.25) is 0 Å². The third-order valence-corrected chi connectivity index (χ3v) is 6.92. The Morgan fingerprint density at radius 2 is 1.97 bits per heavy atom. The molecule has 2 heterocycles. The molecule has 0 spiro atoms. The van der Waals surface area contributed by atoms with E-state index in [1.165, 1.54) is 73.9 Å². The van der Waals surface area contributed by atoms with Crippen LogP contribution in [0.15, 0.2) is 12.1 Å². The molecule has 3 aliphatic rings. The summed E-state index contributed by atoms with van der Waals surface area (Å²) in [5.74, 6) is 2.57. The number of pyridine rings is 1. The minimum Gasteiger partial charge on any atom is -0.493 e. The summed E-state index contributed by atoms with van der Waals surface area (Å²) in [4.78, 5) is 7.55. The van der Waals surface area contributed by atoms with Gasteiger partial charge in [0.05, 0.1) is 19.2 Å². The summed E-state index contributed by atoms with van der Waals surface area (Å²) in [7, 11) is 1.74. The largest absolute Gasteiger partial charge is 0.493 e. The number of hydrogen-bond acceptors (Lipinski definition) is 5. The molecule has 0 unspecified atom stereocenters. The monoisotopic (exact) mass is 409 g/mol. The maximum atomic E-state index is 6.16. The Labute approximate surface area is 180 Å². The third kappa shape index (κ3) is 4.36. The second-order valence-corrected chi connectivity index (χ2v) is 9.20. The van der Waals surface area contributed by atoms with Crippen molar-refractivity contribution < 1.29 is 9.47 Å². The molecule has 162 valence electrons. The maximum Gasteiger partial charge on any atom is 0.163 e. The van der Waals surface area contributed by atoms with Crippen molar-refractivity contribution in [3.05, 3.63) is 23.4 Å². The molecular formula is C25H35N3O2. The van der Waals surface area contributed by atoms with Crippen molar-refractivity contribution in [2.75, 3.05) is 45.2 Å². The van der Waals surface area contributed by atoms with E-state index in [1.807, 2.05) is 0 Å². The molecule has 1 saturated carbocycles. The van der Waals surface area contributed by atoms with Crippen LogP contribution in [0.5, 0.6) is 11.5 Å².